The number of carbonyl (C=O) groups is 2. The maximum Gasteiger partial charge on any atom is 0.328 e. The molecule has 2 aromatic rings. The molecule has 8 heteroatoms. The van der Waals surface area contributed by atoms with E-state index in [-0.39, 0.29) is 17.7 Å². The third-order valence-corrected chi connectivity index (χ3v) is 8.27. The summed E-state index contributed by atoms with van der Waals surface area (Å²) in [6, 6.07) is 11.6. The molecule has 0 unspecified atom stereocenters. The van der Waals surface area contributed by atoms with Crippen molar-refractivity contribution in [2.75, 3.05) is 11.9 Å². The van der Waals surface area contributed by atoms with Crippen LogP contribution in [0.4, 0.5) is 5.69 Å². The lowest BCUT2D eigenvalue weighted by atomic mass is 10.1. The number of ether oxygens (including phenoxy) is 1. The summed E-state index contributed by atoms with van der Waals surface area (Å²) in [5.41, 5.74) is 1.88. The number of carbonyl (C=O) groups excluding carboxylic acids is 2. The second-order valence-corrected chi connectivity index (χ2v) is 10.3. The van der Waals surface area contributed by atoms with Crippen LogP contribution in [0.25, 0.3) is 0 Å². The van der Waals surface area contributed by atoms with Crippen LogP contribution >= 0.6 is 11.6 Å². The summed E-state index contributed by atoms with van der Waals surface area (Å²) >= 11 is 5.81. The SMILES string of the molecule is Cc1ccc(C)c(S(=O)(=O)C2(C(=O)OCC(=O)Nc3ccc(Cl)cc3)CCCC2)c1. The van der Waals surface area contributed by atoms with E-state index >= 15 is 0 Å². The topological polar surface area (TPSA) is 89.5 Å². The van der Waals surface area contributed by atoms with Crippen LogP contribution < -0.4 is 5.32 Å². The van der Waals surface area contributed by atoms with E-state index in [4.69, 9.17) is 16.3 Å². The first-order chi connectivity index (χ1) is 14.2. The van der Waals surface area contributed by atoms with Crippen LogP contribution in [0.3, 0.4) is 0 Å². The van der Waals surface area contributed by atoms with Gasteiger partial charge in [-0.05, 0) is 68.1 Å². The molecule has 6 nitrogen and oxygen atoms in total. The average Bonchev–Trinajstić information content (AvgIpc) is 3.21. The standard InChI is InChI=1S/C22H24ClNO5S/c1-15-5-6-16(2)19(13-15)30(27,28)22(11-3-4-12-22)21(26)29-14-20(25)24-18-9-7-17(23)8-10-18/h5-10,13H,3-4,11-12,14H2,1-2H3,(H,24,25). The lowest BCUT2D eigenvalue weighted by Gasteiger charge is -2.27. The predicted molar refractivity (Wildman–Crippen MR) is 115 cm³/mol. The van der Waals surface area contributed by atoms with Gasteiger partial charge >= 0.3 is 5.97 Å². The summed E-state index contributed by atoms with van der Waals surface area (Å²) < 4.78 is 30.6. The van der Waals surface area contributed by atoms with Crippen molar-refractivity contribution in [2.24, 2.45) is 0 Å². The Kier molecular flexibility index (Phi) is 6.53. The fourth-order valence-corrected chi connectivity index (χ4v) is 6.21. The lowest BCUT2D eigenvalue weighted by Crippen LogP contribution is -2.46. The van der Waals surface area contributed by atoms with Crippen LogP contribution in [0.15, 0.2) is 47.4 Å². The molecule has 0 aromatic heterocycles. The maximum absolute atomic E-state index is 13.5. The average molecular weight is 450 g/mol. The molecule has 0 radical (unpaired) electrons. The Morgan fingerprint density at radius 1 is 1.07 bits per heavy atom. The zero-order valence-electron chi connectivity index (χ0n) is 16.9. The van der Waals surface area contributed by atoms with E-state index in [0.29, 0.717) is 29.1 Å². The van der Waals surface area contributed by atoms with Crippen LogP contribution in [0.2, 0.25) is 5.02 Å². The maximum atomic E-state index is 13.5. The third kappa shape index (κ3) is 4.37. The molecule has 2 aromatic carbocycles. The molecule has 0 aliphatic heterocycles. The number of hydrogen-bond donors (Lipinski definition) is 1. The Labute approximate surface area is 181 Å². The van der Waals surface area contributed by atoms with E-state index in [0.717, 1.165) is 5.56 Å². The van der Waals surface area contributed by atoms with E-state index in [9.17, 15) is 18.0 Å². The molecule has 1 amide bonds. The van der Waals surface area contributed by atoms with Crippen LogP contribution in [-0.2, 0) is 24.2 Å². The first-order valence-corrected chi connectivity index (χ1v) is 11.6. The Morgan fingerprint density at radius 2 is 1.70 bits per heavy atom. The van der Waals surface area contributed by atoms with Gasteiger partial charge < -0.3 is 10.1 Å². The molecule has 160 valence electrons. The van der Waals surface area contributed by atoms with E-state index < -0.39 is 33.1 Å². The van der Waals surface area contributed by atoms with Gasteiger partial charge in [0, 0.05) is 10.7 Å². The van der Waals surface area contributed by atoms with E-state index in [1.807, 2.05) is 6.07 Å². The van der Waals surface area contributed by atoms with Crippen molar-refractivity contribution >= 4 is 39.0 Å². The van der Waals surface area contributed by atoms with Gasteiger partial charge in [0.2, 0.25) is 0 Å². The number of rotatable bonds is 6. The number of nitrogens with one attached hydrogen (secondary N) is 1. The molecule has 0 saturated heterocycles. The smallest absolute Gasteiger partial charge is 0.328 e. The number of esters is 1. The van der Waals surface area contributed by atoms with Gasteiger partial charge in [0.1, 0.15) is 0 Å². The molecule has 1 fully saturated rings. The van der Waals surface area contributed by atoms with Crippen LogP contribution in [-0.4, -0.2) is 31.6 Å². The molecule has 1 aliphatic rings. The van der Waals surface area contributed by atoms with Gasteiger partial charge in [-0.2, -0.15) is 0 Å². The van der Waals surface area contributed by atoms with Crippen LogP contribution in [0, 0.1) is 13.8 Å². The second kappa shape index (κ2) is 8.78. The van der Waals surface area contributed by atoms with E-state index in [1.54, 1.807) is 50.2 Å². The third-order valence-electron chi connectivity index (χ3n) is 5.39. The van der Waals surface area contributed by atoms with Gasteiger partial charge in [-0.1, -0.05) is 36.6 Å². The molecule has 3 rings (SSSR count). The summed E-state index contributed by atoms with van der Waals surface area (Å²) in [5, 5.41) is 3.12. The zero-order valence-corrected chi connectivity index (χ0v) is 18.5. The van der Waals surface area contributed by atoms with Crippen LogP contribution in [0.1, 0.15) is 36.8 Å². The Bertz CT molecular complexity index is 1060. The number of benzene rings is 2. The highest BCUT2D eigenvalue weighted by atomic mass is 35.5. The van der Waals surface area contributed by atoms with Crippen molar-refractivity contribution in [3.8, 4) is 0 Å². The van der Waals surface area contributed by atoms with Crippen LogP contribution in [0.5, 0.6) is 0 Å². The fourth-order valence-electron chi connectivity index (χ4n) is 3.73. The highest BCUT2D eigenvalue weighted by Crippen LogP contribution is 2.42. The summed E-state index contributed by atoms with van der Waals surface area (Å²) in [7, 11) is -3.99. The normalized spacial score (nSPS) is 15.6. The molecule has 0 spiro atoms. The summed E-state index contributed by atoms with van der Waals surface area (Å²) in [6.45, 7) is 2.95. The molecular formula is C22H24ClNO5S. The highest BCUT2D eigenvalue weighted by Gasteiger charge is 2.54. The molecule has 1 saturated carbocycles. The van der Waals surface area contributed by atoms with Crippen molar-refractivity contribution in [1.29, 1.82) is 0 Å². The molecule has 30 heavy (non-hydrogen) atoms. The minimum absolute atomic E-state index is 0.145. The van der Waals surface area contributed by atoms with Crippen molar-refractivity contribution in [3.05, 3.63) is 58.6 Å². The lowest BCUT2D eigenvalue weighted by molar-refractivity contribution is -0.149. The molecule has 1 aliphatic carbocycles. The zero-order chi connectivity index (χ0) is 21.9. The van der Waals surface area contributed by atoms with Crippen molar-refractivity contribution in [1.82, 2.24) is 0 Å². The van der Waals surface area contributed by atoms with Crippen molar-refractivity contribution < 1.29 is 22.7 Å². The van der Waals surface area contributed by atoms with Crippen molar-refractivity contribution in [2.45, 2.75) is 49.2 Å². The number of halogens is 1. The van der Waals surface area contributed by atoms with E-state index in [1.165, 1.54) is 0 Å². The highest BCUT2D eigenvalue weighted by molar-refractivity contribution is 7.93. The summed E-state index contributed by atoms with van der Waals surface area (Å²) in [5.74, 6) is -1.42. The largest absolute Gasteiger partial charge is 0.454 e. The quantitative estimate of drug-likeness (QED) is 0.666. The van der Waals surface area contributed by atoms with Crippen molar-refractivity contribution in [3.63, 3.8) is 0 Å². The van der Waals surface area contributed by atoms with Gasteiger partial charge in [0.25, 0.3) is 5.91 Å². The fraction of sp³-hybridized carbons (Fsp3) is 0.364. The number of anilines is 1. The number of amides is 1. The molecular weight excluding hydrogens is 426 g/mol. The Morgan fingerprint density at radius 3 is 2.33 bits per heavy atom. The minimum Gasteiger partial charge on any atom is -0.454 e. The molecule has 0 atom stereocenters. The summed E-state index contributed by atoms with van der Waals surface area (Å²) in [4.78, 5) is 25.3. The monoisotopic (exact) mass is 449 g/mol. The van der Waals surface area contributed by atoms with E-state index in [2.05, 4.69) is 5.32 Å². The minimum atomic E-state index is -3.99. The number of aryl methyl sites for hydroxylation is 2. The van der Waals surface area contributed by atoms with Gasteiger partial charge in [-0.25, -0.2) is 8.42 Å². The first-order valence-electron chi connectivity index (χ1n) is 9.70. The van der Waals surface area contributed by atoms with Gasteiger partial charge in [-0.3, -0.25) is 9.59 Å². The second-order valence-electron chi connectivity index (χ2n) is 7.60. The predicted octanol–water partition coefficient (Wildman–Crippen LogP) is 4.23. The number of hydrogen-bond acceptors (Lipinski definition) is 5. The molecule has 0 heterocycles. The van der Waals surface area contributed by atoms with Gasteiger partial charge in [0.05, 0.1) is 4.90 Å². The number of sulfone groups is 1. The Hall–Kier alpha value is -2.38. The van der Waals surface area contributed by atoms with Gasteiger partial charge in [-0.15, -0.1) is 0 Å². The van der Waals surface area contributed by atoms with Gasteiger partial charge in [0.15, 0.2) is 21.2 Å². The molecule has 0 bridgehead atoms. The first kappa shape index (κ1) is 22.3. The summed E-state index contributed by atoms with van der Waals surface area (Å²) in [6.07, 6.45) is 1.58. The Balaban J connectivity index is 1.78. The molecule has 1 N–H and O–H groups in total.